The van der Waals surface area contributed by atoms with Gasteiger partial charge >= 0.3 is 0 Å². The number of nitrogens with one attached hydrogen (secondary N) is 2. The van der Waals surface area contributed by atoms with Crippen molar-refractivity contribution in [1.29, 1.82) is 0 Å². The summed E-state index contributed by atoms with van der Waals surface area (Å²) in [5.74, 6) is 0.743. The van der Waals surface area contributed by atoms with Crippen LogP contribution in [0.15, 0.2) is 67.3 Å². The average molecular weight is 439 g/mol. The Balaban J connectivity index is 1.30. The molecule has 1 aliphatic heterocycles. The van der Waals surface area contributed by atoms with Gasteiger partial charge in [-0.15, -0.1) is 0 Å². The molecular formula is C25H26N8. The van der Waals surface area contributed by atoms with Crippen molar-refractivity contribution in [2.45, 2.75) is 6.42 Å². The van der Waals surface area contributed by atoms with Crippen molar-refractivity contribution in [3.63, 3.8) is 0 Å². The lowest BCUT2D eigenvalue weighted by Crippen LogP contribution is -2.28. The Morgan fingerprint density at radius 2 is 1.88 bits per heavy atom. The Bertz CT molecular complexity index is 1390. The zero-order chi connectivity index (χ0) is 22.2. The molecule has 0 atom stereocenters. The molecule has 0 amide bonds. The maximum atomic E-state index is 4.89. The highest BCUT2D eigenvalue weighted by molar-refractivity contribution is 5.87. The van der Waals surface area contributed by atoms with Crippen LogP contribution in [0.4, 0.5) is 17.2 Å². The zero-order valence-corrected chi connectivity index (χ0v) is 18.6. The Labute approximate surface area is 191 Å². The number of hydrogen-bond donors (Lipinski definition) is 2. The van der Waals surface area contributed by atoms with Crippen LogP contribution in [-0.4, -0.2) is 62.7 Å². The average Bonchev–Trinajstić information content (AvgIpc) is 3.51. The number of benzene rings is 2. The number of imidazole rings is 1. The Kier molecular flexibility index (Phi) is 4.92. The second-order valence-corrected chi connectivity index (χ2v) is 8.59. The van der Waals surface area contributed by atoms with Crippen LogP contribution in [0.2, 0.25) is 0 Å². The molecule has 8 heteroatoms. The number of rotatable bonds is 4. The first-order valence-electron chi connectivity index (χ1n) is 11.3. The molecule has 0 aliphatic carbocycles. The molecule has 8 nitrogen and oxygen atoms in total. The molecule has 6 rings (SSSR count). The van der Waals surface area contributed by atoms with Gasteiger partial charge in [-0.3, -0.25) is 9.50 Å². The fraction of sp³-hybridized carbons (Fsp3) is 0.240. The number of fused-ring (bicyclic) bond motifs is 3. The largest absolute Gasteiger partial charge is 0.370 e. The minimum absolute atomic E-state index is 0.743. The van der Waals surface area contributed by atoms with Crippen molar-refractivity contribution in [3.05, 3.63) is 67.3 Å². The molecule has 0 bridgehead atoms. The third kappa shape index (κ3) is 3.78. The van der Waals surface area contributed by atoms with Crippen molar-refractivity contribution < 1.29 is 0 Å². The van der Waals surface area contributed by atoms with E-state index in [-0.39, 0.29) is 0 Å². The van der Waals surface area contributed by atoms with E-state index in [4.69, 9.17) is 4.98 Å². The molecule has 0 radical (unpaired) electrons. The van der Waals surface area contributed by atoms with Crippen LogP contribution in [-0.2, 0) is 0 Å². The number of aromatic amines is 1. The van der Waals surface area contributed by atoms with E-state index < -0.39 is 0 Å². The van der Waals surface area contributed by atoms with Crippen LogP contribution in [0.3, 0.4) is 0 Å². The van der Waals surface area contributed by atoms with Crippen molar-refractivity contribution in [1.82, 2.24) is 29.5 Å². The second kappa shape index (κ2) is 8.22. The molecular weight excluding hydrogens is 412 g/mol. The van der Waals surface area contributed by atoms with E-state index >= 15 is 0 Å². The molecule has 0 spiro atoms. The number of likely N-dealkylation sites (N-methyl/N-ethyl adjacent to an activating group) is 1. The van der Waals surface area contributed by atoms with Gasteiger partial charge in [0.25, 0.3) is 0 Å². The summed E-state index contributed by atoms with van der Waals surface area (Å²) in [5, 5.41) is 10.4. The van der Waals surface area contributed by atoms with E-state index in [1.807, 2.05) is 30.9 Å². The van der Waals surface area contributed by atoms with Gasteiger partial charge in [0.05, 0.1) is 17.2 Å². The Morgan fingerprint density at radius 3 is 2.73 bits per heavy atom. The highest BCUT2D eigenvalue weighted by atomic mass is 15.2. The molecule has 0 saturated carbocycles. The summed E-state index contributed by atoms with van der Waals surface area (Å²) in [5.41, 5.74) is 7.10. The SMILES string of the molecule is CN1CCCN(c2ccc(Nc3nc4ccc(-c5cn[nH]c5)cc4n4ccnc34)cc2)CC1. The third-order valence-electron chi connectivity index (χ3n) is 6.37. The van der Waals surface area contributed by atoms with Gasteiger partial charge in [-0.25, -0.2) is 9.97 Å². The summed E-state index contributed by atoms with van der Waals surface area (Å²) in [7, 11) is 2.20. The minimum atomic E-state index is 0.743. The van der Waals surface area contributed by atoms with Gasteiger partial charge < -0.3 is 15.1 Å². The summed E-state index contributed by atoms with van der Waals surface area (Å²) in [6, 6.07) is 14.9. The predicted molar refractivity (Wildman–Crippen MR) is 132 cm³/mol. The number of nitrogens with zero attached hydrogens (tertiary/aromatic N) is 6. The fourth-order valence-electron chi connectivity index (χ4n) is 4.52. The first kappa shape index (κ1) is 19.8. The van der Waals surface area contributed by atoms with Crippen molar-refractivity contribution in [2.24, 2.45) is 0 Å². The summed E-state index contributed by atoms with van der Waals surface area (Å²) in [6.45, 7) is 4.42. The van der Waals surface area contributed by atoms with Crippen molar-refractivity contribution in [2.75, 3.05) is 43.4 Å². The minimum Gasteiger partial charge on any atom is -0.370 e. The number of anilines is 3. The molecule has 166 valence electrons. The second-order valence-electron chi connectivity index (χ2n) is 8.59. The van der Waals surface area contributed by atoms with Crippen molar-refractivity contribution in [3.8, 4) is 11.1 Å². The lowest BCUT2D eigenvalue weighted by molar-refractivity contribution is 0.360. The first-order valence-corrected chi connectivity index (χ1v) is 11.3. The maximum Gasteiger partial charge on any atom is 0.180 e. The number of H-pyrrole nitrogens is 1. The number of aromatic nitrogens is 5. The van der Waals surface area contributed by atoms with Gasteiger partial charge in [-0.2, -0.15) is 5.10 Å². The molecule has 1 saturated heterocycles. The summed E-state index contributed by atoms with van der Waals surface area (Å²) in [6.07, 6.45) is 8.69. The molecule has 1 aliphatic rings. The summed E-state index contributed by atoms with van der Waals surface area (Å²) >= 11 is 0. The quantitative estimate of drug-likeness (QED) is 0.439. The van der Waals surface area contributed by atoms with E-state index in [1.165, 1.54) is 12.1 Å². The topological polar surface area (TPSA) is 77.4 Å². The van der Waals surface area contributed by atoms with Crippen LogP contribution in [0, 0.1) is 0 Å². The van der Waals surface area contributed by atoms with Crippen LogP contribution in [0.5, 0.6) is 0 Å². The van der Waals surface area contributed by atoms with Gasteiger partial charge in [-0.1, -0.05) is 6.07 Å². The third-order valence-corrected chi connectivity index (χ3v) is 6.37. The fourth-order valence-corrected chi connectivity index (χ4v) is 4.52. The first-order chi connectivity index (χ1) is 16.2. The van der Waals surface area contributed by atoms with Crippen LogP contribution < -0.4 is 10.2 Å². The van der Waals surface area contributed by atoms with Gasteiger partial charge in [0.1, 0.15) is 0 Å². The van der Waals surface area contributed by atoms with Gasteiger partial charge in [-0.05, 0) is 62.0 Å². The van der Waals surface area contributed by atoms with E-state index in [0.717, 1.165) is 65.5 Å². The predicted octanol–water partition coefficient (Wildman–Crippen LogP) is 4.16. The van der Waals surface area contributed by atoms with Crippen molar-refractivity contribution >= 4 is 33.9 Å². The highest BCUT2D eigenvalue weighted by Crippen LogP contribution is 2.28. The Morgan fingerprint density at radius 1 is 0.970 bits per heavy atom. The highest BCUT2D eigenvalue weighted by Gasteiger charge is 2.14. The molecule has 2 N–H and O–H groups in total. The number of hydrogen-bond acceptors (Lipinski definition) is 6. The van der Waals surface area contributed by atoms with Crippen LogP contribution in [0.1, 0.15) is 6.42 Å². The molecule has 33 heavy (non-hydrogen) atoms. The molecule has 4 heterocycles. The molecule has 0 unspecified atom stereocenters. The summed E-state index contributed by atoms with van der Waals surface area (Å²) < 4.78 is 2.08. The van der Waals surface area contributed by atoms with E-state index in [0.29, 0.717) is 0 Å². The molecule has 3 aromatic heterocycles. The van der Waals surface area contributed by atoms with Gasteiger partial charge in [0, 0.05) is 55.2 Å². The maximum absolute atomic E-state index is 4.89. The van der Waals surface area contributed by atoms with Gasteiger partial charge in [0.2, 0.25) is 0 Å². The lowest BCUT2D eigenvalue weighted by Gasteiger charge is -2.23. The monoisotopic (exact) mass is 438 g/mol. The lowest BCUT2D eigenvalue weighted by atomic mass is 10.1. The smallest absolute Gasteiger partial charge is 0.180 e. The normalized spacial score (nSPS) is 15.2. The molecule has 1 fully saturated rings. The van der Waals surface area contributed by atoms with E-state index in [2.05, 4.69) is 78.1 Å². The zero-order valence-electron chi connectivity index (χ0n) is 18.6. The Hall–Kier alpha value is -3.91. The van der Waals surface area contributed by atoms with E-state index in [1.54, 1.807) is 0 Å². The van der Waals surface area contributed by atoms with Crippen LogP contribution >= 0.6 is 0 Å². The standard InChI is InChI=1S/C25H26N8/c1-31-10-2-11-32(14-13-31)21-6-4-20(5-7-21)29-24-25-26-9-12-33(25)23-15-18(3-8-22(23)30-24)19-16-27-28-17-19/h3-9,12,15-17H,2,10-11,13-14H2,1H3,(H,27,28)(H,29,30). The molecule has 5 aromatic rings. The molecule has 2 aromatic carbocycles. The van der Waals surface area contributed by atoms with Crippen LogP contribution in [0.25, 0.3) is 27.8 Å². The van der Waals surface area contributed by atoms with Gasteiger partial charge in [0.15, 0.2) is 11.5 Å². The van der Waals surface area contributed by atoms with E-state index in [9.17, 15) is 0 Å². The summed E-state index contributed by atoms with van der Waals surface area (Å²) in [4.78, 5) is 14.3.